The van der Waals surface area contributed by atoms with Gasteiger partial charge in [-0.3, -0.25) is 0 Å². The Bertz CT molecular complexity index is 318. The van der Waals surface area contributed by atoms with E-state index < -0.39 is 0 Å². The van der Waals surface area contributed by atoms with Gasteiger partial charge in [-0.05, 0) is 12.8 Å². The predicted octanol–water partition coefficient (Wildman–Crippen LogP) is 2.95. The maximum Gasteiger partial charge on any atom is 0.138 e. The molecule has 1 aromatic rings. The van der Waals surface area contributed by atoms with E-state index >= 15 is 0 Å². The lowest BCUT2D eigenvalue weighted by atomic mass is 9.84. The summed E-state index contributed by atoms with van der Waals surface area (Å²) in [5.74, 6) is 1.42. The minimum absolute atomic E-state index is 0.192. The van der Waals surface area contributed by atoms with E-state index in [1.54, 1.807) is 13.3 Å². The number of halogens is 1. The van der Waals surface area contributed by atoms with Crippen molar-refractivity contribution in [1.82, 2.24) is 9.97 Å². The number of imidazole rings is 1. The summed E-state index contributed by atoms with van der Waals surface area (Å²) in [4.78, 5) is 7.64. The molecule has 0 amide bonds. The SMILES string of the molecule is COC1(c2ncc(CCl)[nH]2)CCCCC1. The van der Waals surface area contributed by atoms with E-state index in [-0.39, 0.29) is 5.60 Å². The first-order valence-electron chi connectivity index (χ1n) is 5.46. The van der Waals surface area contributed by atoms with E-state index in [1.165, 1.54) is 19.3 Å². The monoisotopic (exact) mass is 228 g/mol. The summed E-state index contributed by atoms with van der Waals surface area (Å²) in [5, 5.41) is 0. The summed E-state index contributed by atoms with van der Waals surface area (Å²) in [7, 11) is 1.77. The lowest BCUT2D eigenvalue weighted by Crippen LogP contribution is -2.32. The standard InChI is InChI=1S/C11H17ClN2O/c1-15-11(5-3-2-4-6-11)10-13-8-9(7-12)14-10/h8H,2-7H2,1H3,(H,13,14). The van der Waals surface area contributed by atoms with Gasteiger partial charge in [-0.15, -0.1) is 11.6 Å². The summed E-state index contributed by atoms with van der Waals surface area (Å²) in [6.07, 6.45) is 7.64. The van der Waals surface area contributed by atoms with Crippen LogP contribution in [-0.4, -0.2) is 17.1 Å². The Hall–Kier alpha value is -0.540. The average Bonchev–Trinajstić information content (AvgIpc) is 2.79. The fourth-order valence-electron chi connectivity index (χ4n) is 2.32. The lowest BCUT2D eigenvalue weighted by Gasteiger charge is -2.34. The van der Waals surface area contributed by atoms with Crippen LogP contribution in [-0.2, 0) is 16.2 Å². The highest BCUT2D eigenvalue weighted by molar-refractivity contribution is 6.16. The fraction of sp³-hybridized carbons (Fsp3) is 0.727. The molecular weight excluding hydrogens is 212 g/mol. The number of methoxy groups -OCH3 is 1. The minimum atomic E-state index is -0.192. The highest BCUT2D eigenvalue weighted by Gasteiger charge is 2.36. The Labute approximate surface area is 95.2 Å². The number of nitrogens with zero attached hydrogens (tertiary/aromatic N) is 1. The van der Waals surface area contributed by atoms with E-state index in [2.05, 4.69) is 9.97 Å². The predicted molar refractivity (Wildman–Crippen MR) is 59.9 cm³/mol. The first-order valence-corrected chi connectivity index (χ1v) is 6.00. The first-order chi connectivity index (χ1) is 7.30. The lowest BCUT2D eigenvalue weighted by molar-refractivity contribution is -0.0509. The van der Waals surface area contributed by atoms with Crippen LogP contribution >= 0.6 is 11.6 Å². The molecule has 0 radical (unpaired) electrons. The van der Waals surface area contributed by atoms with Gasteiger partial charge < -0.3 is 9.72 Å². The fourth-order valence-corrected chi connectivity index (χ4v) is 2.45. The van der Waals surface area contributed by atoms with Crippen molar-refractivity contribution in [3.8, 4) is 0 Å². The molecule has 1 saturated carbocycles. The van der Waals surface area contributed by atoms with Crippen LogP contribution in [0.15, 0.2) is 6.20 Å². The number of hydrogen-bond donors (Lipinski definition) is 1. The maximum absolute atomic E-state index is 5.76. The van der Waals surface area contributed by atoms with Crippen molar-refractivity contribution in [2.24, 2.45) is 0 Å². The van der Waals surface area contributed by atoms with Crippen molar-refractivity contribution in [3.05, 3.63) is 17.7 Å². The van der Waals surface area contributed by atoms with Crippen molar-refractivity contribution in [1.29, 1.82) is 0 Å². The number of aromatic amines is 1. The highest BCUT2D eigenvalue weighted by atomic mass is 35.5. The normalized spacial score (nSPS) is 20.4. The molecule has 1 N–H and O–H groups in total. The third-order valence-corrected chi connectivity index (χ3v) is 3.54. The zero-order valence-electron chi connectivity index (χ0n) is 9.05. The molecule has 15 heavy (non-hydrogen) atoms. The molecule has 0 spiro atoms. The molecule has 84 valence electrons. The van der Waals surface area contributed by atoms with Crippen LogP contribution in [0.3, 0.4) is 0 Å². The van der Waals surface area contributed by atoms with E-state index in [0.717, 1.165) is 24.4 Å². The smallest absolute Gasteiger partial charge is 0.138 e. The van der Waals surface area contributed by atoms with Gasteiger partial charge in [0.1, 0.15) is 11.4 Å². The van der Waals surface area contributed by atoms with E-state index in [9.17, 15) is 0 Å². The largest absolute Gasteiger partial charge is 0.370 e. The topological polar surface area (TPSA) is 37.9 Å². The molecule has 0 atom stereocenters. The average molecular weight is 229 g/mol. The van der Waals surface area contributed by atoms with Crippen molar-refractivity contribution < 1.29 is 4.74 Å². The van der Waals surface area contributed by atoms with Gasteiger partial charge in [0.2, 0.25) is 0 Å². The Balaban J connectivity index is 2.24. The van der Waals surface area contributed by atoms with Crippen LogP contribution in [0.4, 0.5) is 0 Å². The maximum atomic E-state index is 5.76. The second-order valence-electron chi connectivity index (χ2n) is 4.15. The molecule has 1 aliphatic carbocycles. The summed E-state index contributed by atoms with van der Waals surface area (Å²) in [6, 6.07) is 0. The van der Waals surface area contributed by atoms with Crippen LogP contribution in [0.5, 0.6) is 0 Å². The van der Waals surface area contributed by atoms with Crippen LogP contribution in [0.25, 0.3) is 0 Å². The van der Waals surface area contributed by atoms with Crippen molar-refractivity contribution in [2.75, 3.05) is 7.11 Å². The highest BCUT2D eigenvalue weighted by Crippen LogP contribution is 2.38. The number of ether oxygens (including phenoxy) is 1. The Morgan fingerprint density at radius 3 is 2.73 bits per heavy atom. The van der Waals surface area contributed by atoms with Crippen LogP contribution < -0.4 is 0 Å². The zero-order valence-corrected chi connectivity index (χ0v) is 9.81. The molecule has 2 rings (SSSR count). The second-order valence-corrected chi connectivity index (χ2v) is 4.42. The Morgan fingerprint density at radius 1 is 1.47 bits per heavy atom. The minimum Gasteiger partial charge on any atom is -0.370 e. The first kappa shape index (κ1) is 11.0. The molecular formula is C11H17ClN2O. The van der Waals surface area contributed by atoms with Crippen molar-refractivity contribution >= 4 is 11.6 Å². The molecule has 1 fully saturated rings. The Morgan fingerprint density at radius 2 is 2.20 bits per heavy atom. The molecule has 0 bridgehead atoms. The van der Waals surface area contributed by atoms with Crippen molar-refractivity contribution in [2.45, 2.75) is 43.6 Å². The van der Waals surface area contributed by atoms with Gasteiger partial charge in [0.15, 0.2) is 0 Å². The van der Waals surface area contributed by atoms with Crippen LogP contribution in [0, 0.1) is 0 Å². The molecule has 3 nitrogen and oxygen atoms in total. The summed E-state index contributed by atoms with van der Waals surface area (Å²) < 4.78 is 5.69. The van der Waals surface area contributed by atoms with Gasteiger partial charge in [0, 0.05) is 19.0 Å². The summed E-state index contributed by atoms with van der Waals surface area (Å²) in [5.41, 5.74) is 0.774. The number of aromatic nitrogens is 2. The van der Waals surface area contributed by atoms with E-state index in [0.29, 0.717) is 5.88 Å². The van der Waals surface area contributed by atoms with E-state index in [4.69, 9.17) is 16.3 Å². The molecule has 0 aromatic carbocycles. The van der Waals surface area contributed by atoms with Crippen LogP contribution in [0.1, 0.15) is 43.6 Å². The molecule has 1 aromatic heterocycles. The van der Waals surface area contributed by atoms with Gasteiger partial charge >= 0.3 is 0 Å². The molecule has 4 heteroatoms. The molecule has 0 saturated heterocycles. The van der Waals surface area contributed by atoms with Crippen LogP contribution in [0.2, 0.25) is 0 Å². The van der Waals surface area contributed by atoms with E-state index in [1.807, 2.05) is 0 Å². The third-order valence-electron chi connectivity index (χ3n) is 3.26. The molecule has 0 aliphatic heterocycles. The zero-order chi connectivity index (χ0) is 10.7. The van der Waals surface area contributed by atoms with Gasteiger partial charge in [0.05, 0.1) is 5.88 Å². The van der Waals surface area contributed by atoms with Gasteiger partial charge in [-0.25, -0.2) is 4.98 Å². The van der Waals surface area contributed by atoms with Crippen molar-refractivity contribution in [3.63, 3.8) is 0 Å². The van der Waals surface area contributed by atoms with Gasteiger partial charge in [0.25, 0.3) is 0 Å². The quantitative estimate of drug-likeness (QED) is 0.808. The molecule has 1 aliphatic rings. The Kier molecular flexibility index (Phi) is 3.32. The molecule has 0 unspecified atom stereocenters. The summed E-state index contributed by atoms with van der Waals surface area (Å²) >= 11 is 5.76. The number of H-pyrrole nitrogens is 1. The second kappa shape index (κ2) is 4.54. The number of hydrogen-bond acceptors (Lipinski definition) is 2. The number of rotatable bonds is 3. The van der Waals surface area contributed by atoms with Gasteiger partial charge in [-0.1, -0.05) is 19.3 Å². The summed E-state index contributed by atoms with van der Waals surface area (Å²) in [6.45, 7) is 0. The van der Waals surface area contributed by atoms with Gasteiger partial charge in [-0.2, -0.15) is 0 Å². The number of nitrogens with one attached hydrogen (secondary N) is 1. The third kappa shape index (κ3) is 2.04. The number of alkyl halides is 1. The molecule has 1 heterocycles.